The minimum atomic E-state index is -0.526. The molecule has 0 saturated carbocycles. The van der Waals surface area contributed by atoms with Gasteiger partial charge in [-0.2, -0.15) is 0 Å². The minimum absolute atomic E-state index is 0.0182. The summed E-state index contributed by atoms with van der Waals surface area (Å²) in [4.78, 5) is 38.2. The van der Waals surface area contributed by atoms with E-state index in [4.69, 9.17) is 11.5 Å². The van der Waals surface area contributed by atoms with Crippen LogP contribution in [0.25, 0.3) is 0 Å². The van der Waals surface area contributed by atoms with E-state index in [0.717, 1.165) is 5.56 Å². The smallest absolute Gasteiger partial charge is 0.236 e. The van der Waals surface area contributed by atoms with Gasteiger partial charge in [-0.3, -0.25) is 19.3 Å². The van der Waals surface area contributed by atoms with Crippen LogP contribution in [0.2, 0.25) is 0 Å². The fourth-order valence-electron chi connectivity index (χ4n) is 2.71. The number of piperazine rings is 1. The summed E-state index contributed by atoms with van der Waals surface area (Å²) in [5.41, 5.74) is 11.7. The van der Waals surface area contributed by atoms with Crippen molar-refractivity contribution in [1.29, 1.82) is 0 Å². The molecule has 0 radical (unpaired) electrons. The highest BCUT2D eigenvalue weighted by atomic mass is 16.2. The third-order valence-electron chi connectivity index (χ3n) is 3.99. The molecule has 1 fully saturated rings. The molecule has 124 valence electrons. The maximum absolute atomic E-state index is 12.1. The molecule has 1 atom stereocenters. The Morgan fingerprint density at radius 1 is 1.04 bits per heavy atom. The average molecular weight is 318 g/mol. The zero-order valence-corrected chi connectivity index (χ0v) is 13.0. The molecule has 7 nitrogen and oxygen atoms in total. The van der Waals surface area contributed by atoms with Gasteiger partial charge in [-0.15, -0.1) is 0 Å². The van der Waals surface area contributed by atoms with E-state index in [-0.39, 0.29) is 25.3 Å². The van der Waals surface area contributed by atoms with E-state index in [1.54, 1.807) is 4.90 Å². The molecule has 1 aliphatic heterocycles. The van der Waals surface area contributed by atoms with Gasteiger partial charge >= 0.3 is 0 Å². The average Bonchev–Trinajstić information content (AvgIpc) is 2.53. The van der Waals surface area contributed by atoms with Crippen LogP contribution in [0.3, 0.4) is 0 Å². The summed E-state index contributed by atoms with van der Waals surface area (Å²) in [6.07, 6.45) is 0.0871. The molecule has 1 saturated heterocycles. The molecule has 0 spiro atoms. The Hall–Kier alpha value is -2.41. The van der Waals surface area contributed by atoms with Crippen LogP contribution in [0.4, 0.5) is 0 Å². The van der Waals surface area contributed by atoms with Crippen molar-refractivity contribution in [2.24, 2.45) is 11.5 Å². The number of carbonyl (C=O) groups is 3. The number of hydrogen-bond acceptors (Lipinski definition) is 4. The van der Waals surface area contributed by atoms with Gasteiger partial charge in [-0.1, -0.05) is 30.3 Å². The SMILES string of the molecule is NC(=O)CCC(=O)N1CCN(Cc2ccccc2)C(C(N)=O)C1. The summed E-state index contributed by atoms with van der Waals surface area (Å²) in [5.74, 6) is -1.13. The van der Waals surface area contributed by atoms with Gasteiger partial charge in [-0.05, 0) is 5.56 Å². The van der Waals surface area contributed by atoms with Crippen LogP contribution in [-0.4, -0.2) is 53.2 Å². The van der Waals surface area contributed by atoms with E-state index < -0.39 is 17.9 Å². The highest BCUT2D eigenvalue weighted by molar-refractivity contribution is 5.85. The maximum Gasteiger partial charge on any atom is 0.236 e. The highest BCUT2D eigenvalue weighted by Crippen LogP contribution is 2.15. The first-order valence-corrected chi connectivity index (χ1v) is 7.60. The van der Waals surface area contributed by atoms with Gasteiger partial charge in [-0.25, -0.2) is 0 Å². The van der Waals surface area contributed by atoms with E-state index >= 15 is 0 Å². The molecule has 1 unspecified atom stereocenters. The fourth-order valence-corrected chi connectivity index (χ4v) is 2.71. The Labute approximate surface area is 135 Å². The van der Waals surface area contributed by atoms with Crippen molar-refractivity contribution in [3.05, 3.63) is 35.9 Å². The summed E-state index contributed by atoms with van der Waals surface area (Å²) in [5, 5.41) is 0. The van der Waals surface area contributed by atoms with E-state index in [1.165, 1.54) is 0 Å². The zero-order chi connectivity index (χ0) is 16.8. The lowest BCUT2D eigenvalue weighted by Gasteiger charge is -2.40. The Kier molecular flexibility index (Phi) is 5.70. The van der Waals surface area contributed by atoms with Crippen LogP contribution in [-0.2, 0) is 20.9 Å². The Morgan fingerprint density at radius 3 is 2.35 bits per heavy atom. The number of primary amides is 2. The summed E-state index contributed by atoms with van der Waals surface area (Å²) >= 11 is 0. The first kappa shape index (κ1) is 17.0. The van der Waals surface area contributed by atoms with E-state index in [1.807, 2.05) is 35.2 Å². The number of rotatable bonds is 6. The molecular weight excluding hydrogens is 296 g/mol. The van der Waals surface area contributed by atoms with E-state index in [2.05, 4.69) is 0 Å². The molecule has 1 heterocycles. The Balaban J connectivity index is 1.99. The largest absolute Gasteiger partial charge is 0.370 e. The fraction of sp³-hybridized carbons (Fsp3) is 0.438. The van der Waals surface area contributed by atoms with Crippen LogP contribution in [0, 0.1) is 0 Å². The molecule has 1 aliphatic rings. The van der Waals surface area contributed by atoms with E-state index in [9.17, 15) is 14.4 Å². The minimum Gasteiger partial charge on any atom is -0.370 e. The lowest BCUT2D eigenvalue weighted by atomic mass is 10.1. The molecule has 0 bridgehead atoms. The van der Waals surface area contributed by atoms with Gasteiger partial charge in [0, 0.05) is 39.0 Å². The van der Waals surface area contributed by atoms with Crippen molar-refractivity contribution in [2.75, 3.05) is 19.6 Å². The monoisotopic (exact) mass is 318 g/mol. The summed E-state index contributed by atoms with van der Waals surface area (Å²) in [7, 11) is 0. The van der Waals surface area contributed by atoms with E-state index in [0.29, 0.717) is 19.6 Å². The second kappa shape index (κ2) is 7.73. The quantitative estimate of drug-likeness (QED) is 0.733. The molecule has 4 N–H and O–H groups in total. The predicted molar refractivity (Wildman–Crippen MR) is 84.8 cm³/mol. The van der Waals surface area contributed by atoms with Crippen molar-refractivity contribution in [3.63, 3.8) is 0 Å². The Bertz CT molecular complexity index is 576. The molecule has 0 aromatic heterocycles. The summed E-state index contributed by atoms with van der Waals surface area (Å²) in [6.45, 7) is 1.93. The highest BCUT2D eigenvalue weighted by Gasteiger charge is 2.32. The molecule has 3 amide bonds. The van der Waals surface area contributed by atoms with Crippen LogP contribution in [0.15, 0.2) is 30.3 Å². The summed E-state index contributed by atoms with van der Waals surface area (Å²) in [6, 6.07) is 9.27. The Morgan fingerprint density at radius 2 is 1.74 bits per heavy atom. The number of benzene rings is 1. The number of hydrogen-bond donors (Lipinski definition) is 2. The van der Waals surface area contributed by atoms with Crippen LogP contribution in [0.1, 0.15) is 18.4 Å². The zero-order valence-electron chi connectivity index (χ0n) is 13.0. The summed E-state index contributed by atoms with van der Waals surface area (Å²) < 4.78 is 0. The second-order valence-electron chi connectivity index (χ2n) is 5.68. The third-order valence-corrected chi connectivity index (χ3v) is 3.99. The number of amides is 3. The maximum atomic E-state index is 12.1. The standard InChI is InChI=1S/C16H22N4O3/c17-14(21)6-7-15(22)20-9-8-19(13(11-20)16(18)23)10-12-4-2-1-3-5-12/h1-5,13H,6-11H2,(H2,17,21)(H2,18,23). The molecule has 1 aromatic carbocycles. The van der Waals surface area contributed by atoms with Gasteiger partial charge in [0.2, 0.25) is 17.7 Å². The van der Waals surface area contributed by atoms with Crippen LogP contribution >= 0.6 is 0 Å². The van der Waals surface area contributed by atoms with Gasteiger partial charge in [0.1, 0.15) is 6.04 Å². The first-order valence-electron chi connectivity index (χ1n) is 7.60. The molecule has 23 heavy (non-hydrogen) atoms. The second-order valence-corrected chi connectivity index (χ2v) is 5.68. The molecule has 0 aliphatic carbocycles. The molecule has 7 heteroatoms. The molecular formula is C16H22N4O3. The van der Waals surface area contributed by atoms with Gasteiger partial charge < -0.3 is 16.4 Å². The normalized spacial score (nSPS) is 18.6. The van der Waals surface area contributed by atoms with Crippen molar-refractivity contribution in [3.8, 4) is 0 Å². The number of nitrogens with two attached hydrogens (primary N) is 2. The van der Waals surface area contributed by atoms with Crippen LogP contribution in [0.5, 0.6) is 0 Å². The van der Waals surface area contributed by atoms with Gasteiger partial charge in [0.25, 0.3) is 0 Å². The topological polar surface area (TPSA) is 110 Å². The third kappa shape index (κ3) is 4.79. The molecule has 2 rings (SSSR count). The van der Waals surface area contributed by atoms with Crippen molar-refractivity contribution in [1.82, 2.24) is 9.80 Å². The number of carbonyl (C=O) groups excluding carboxylic acids is 3. The molecule has 1 aromatic rings. The first-order chi connectivity index (χ1) is 11.0. The van der Waals surface area contributed by atoms with Crippen molar-refractivity contribution < 1.29 is 14.4 Å². The predicted octanol–water partition coefficient (Wildman–Crippen LogP) is -0.550. The van der Waals surface area contributed by atoms with Crippen molar-refractivity contribution >= 4 is 17.7 Å². The van der Waals surface area contributed by atoms with Crippen LogP contribution < -0.4 is 11.5 Å². The van der Waals surface area contributed by atoms with Gasteiger partial charge in [0.15, 0.2) is 0 Å². The number of nitrogens with zero attached hydrogens (tertiary/aromatic N) is 2. The lowest BCUT2D eigenvalue weighted by molar-refractivity contribution is -0.138. The van der Waals surface area contributed by atoms with Gasteiger partial charge in [0.05, 0.1) is 0 Å². The lowest BCUT2D eigenvalue weighted by Crippen LogP contribution is -2.58. The van der Waals surface area contributed by atoms with Crippen molar-refractivity contribution in [2.45, 2.75) is 25.4 Å².